The molecule has 2 heterocycles. The quantitative estimate of drug-likeness (QED) is 0.351. The van der Waals surface area contributed by atoms with E-state index < -0.39 is 11.6 Å². The highest BCUT2D eigenvalue weighted by Gasteiger charge is 2.18. The Kier molecular flexibility index (Phi) is 5.45. The number of carbonyl (C=O) groups excluding carboxylic acids is 1. The first-order valence-corrected chi connectivity index (χ1v) is 9.77. The van der Waals surface area contributed by atoms with Crippen molar-refractivity contribution in [3.05, 3.63) is 63.0 Å². The van der Waals surface area contributed by atoms with Gasteiger partial charge in [0.05, 0.1) is 11.4 Å². The Morgan fingerprint density at radius 1 is 1.14 bits per heavy atom. The first-order valence-electron chi connectivity index (χ1n) is 9.39. The maximum Gasteiger partial charge on any atom is 0.336 e. The molecule has 1 aliphatic rings. The number of esters is 1. The lowest BCUT2D eigenvalue weighted by Crippen LogP contribution is -2.16. The molecule has 0 bridgehead atoms. The number of benzene rings is 2. The first-order chi connectivity index (χ1) is 14.0. The van der Waals surface area contributed by atoms with E-state index in [2.05, 4.69) is 0 Å². The van der Waals surface area contributed by atoms with Crippen molar-refractivity contribution in [1.82, 2.24) is 0 Å². The minimum absolute atomic E-state index is 0.00815. The molecule has 3 aromatic rings. The van der Waals surface area contributed by atoms with E-state index in [1.807, 2.05) is 6.92 Å². The normalized spacial score (nSPS) is 12.8. The molecule has 0 atom stereocenters. The van der Waals surface area contributed by atoms with Crippen LogP contribution in [0.15, 0.2) is 45.6 Å². The molecule has 0 fully saturated rings. The number of aryl methyl sites for hydroxylation is 1. The van der Waals surface area contributed by atoms with Crippen LogP contribution in [0.2, 0.25) is 5.02 Å². The molecular weight excluding hydrogens is 396 g/mol. The fraction of sp³-hybridized carbons (Fsp3) is 0.273. The van der Waals surface area contributed by atoms with Crippen LogP contribution in [0.25, 0.3) is 11.0 Å². The predicted octanol–water partition coefficient (Wildman–Crippen LogP) is 4.32. The summed E-state index contributed by atoms with van der Waals surface area (Å²) in [4.78, 5) is 24.2. The van der Waals surface area contributed by atoms with Gasteiger partial charge in [0, 0.05) is 17.5 Å². The summed E-state index contributed by atoms with van der Waals surface area (Å²) in [6.07, 6.45) is 1.69. The molecule has 2 aromatic carbocycles. The molecule has 29 heavy (non-hydrogen) atoms. The molecule has 0 aliphatic carbocycles. The fourth-order valence-corrected chi connectivity index (χ4v) is 3.64. The number of ether oxygens (including phenoxy) is 3. The molecule has 0 unspecified atom stereocenters. The molecule has 0 N–H and O–H groups in total. The van der Waals surface area contributed by atoms with Gasteiger partial charge >= 0.3 is 11.6 Å². The maximum atomic E-state index is 12.4. The van der Waals surface area contributed by atoms with Crippen molar-refractivity contribution in [2.75, 3.05) is 13.2 Å². The number of rotatable bonds is 5. The predicted molar refractivity (Wildman–Crippen MR) is 108 cm³/mol. The highest BCUT2D eigenvalue weighted by atomic mass is 35.5. The summed E-state index contributed by atoms with van der Waals surface area (Å²) in [5, 5.41) is 1.23. The maximum absolute atomic E-state index is 12.4. The van der Waals surface area contributed by atoms with E-state index in [9.17, 15) is 9.59 Å². The molecule has 150 valence electrons. The van der Waals surface area contributed by atoms with Gasteiger partial charge in [-0.05, 0) is 41.8 Å². The van der Waals surface area contributed by atoms with Crippen LogP contribution >= 0.6 is 11.6 Å². The van der Waals surface area contributed by atoms with Crippen LogP contribution < -0.4 is 19.8 Å². The Hall–Kier alpha value is -2.99. The zero-order valence-corrected chi connectivity index (χ0v) is 16.6. The van der Waals surface area contributed by atoms with Gasteiger partial charge in [-0.25, -0.2) is 4.79 Å². The number of hydrogen-bond acceptors (Lipinski definition) is 6. The van der Waals surface area contributed by atoms with Gasteiger partial charge in [-0.3, -0.25) is 4.79 Å². The Balaban J connectivity index is 1.53. The molecule has 0 saturated heterocycles. The van der Waals surface area contributed by atoms with Crippen LogP contribution in [0.3, 0.4) is 0 Å². The number of carbonyl (C=O) groups is 1. The fourth-order valence-electron chi connectivity index (χ4n) is 3.35. The molecule has 1 aliphatic heterocycles. The minimum atomic E-state index is -0.468. The molecule has 0 radical (unpaired) electrons. The third kappa shape index (κ3) is 4.22. The average Bonchev–Trinajstić information content (AvgIpc) is 2.68. The second-order valence-corrected chi connectivity index (χ2v) is 7.16. The van der Waals surface area contributed by atoms with E-state index in [-0.39, 0.29) is 6.42 Å². The second-order valence-electron chi connectivity index (χ2n) is 6.75. The highest BCUT2D eigenvalue weighted by Crippen LogP contribution is 2.38. The van der Waals surface area contributed by atoms with Crippen molar-refractivity contribution < 1.29 is 23.4 Å². The summed E-state index contributed by atoms with van der Waals surface area (Å²) in [6.45, 7) is 2.91. The van der Waals surface area contributed by atoms with Crippen molar-refractivity contribution in [2.24, 2.45) is 0 Å². The monoisotopic (exact) mass is 414 g/mol. The lowest BCUT2D eigenvalue weighted by atomic mass is 10.1. The standard InChI is InChI=1S/C22H19ClO6/c1-2-3-14-11-21(25)29-18-12-15(4-5-16(14)18)28-20(24)10-13-8-17(23)22-19(9-13)26-6-7-27-22/h4-5,8-9,11-12H,2-3,6-7,10H2,1H3. The smallest absolute Gasteiger partial charge is 0.336 e. The van der Waals surface area contributed by atoms with E-state index in [1.54, 1.807) is 30.3 Å². The van der Waals surface area contributed by atoms with Gasteiger partial charge < -0.3 is 18.6 Å². The largest absolute Gasteiger partial charge is 0.486 e. The Morgan fingerprint density at radius 3 is 2.79 bits per heavy atom. The Bertz CT molecular complexity index is 1130. The average molecular weight is 415 g/mol. The summed E-state index contributed by atoms with van der Waals surface area (Å²) in [6, 6.07) is 9.93. The summed E-state index contributed by atoms with van der Waals surface area (Å²) in [5.74, 6) is 0.844. The Labute approximate surface area is 171 Å². The van der Waals surface area contributed by atoms with Gasteiger partial charge in [-0.1, -0.05) is 24.9 Å². The van der Waals surface area contributed by atoms with Crippen molar-refractivity contribution in [2.45, 2.75) is 26.2 Å². The van der Waals surface area contributed by atoms with Gasteiger partial charge in [0.2, 0.25) is 0 Å². The first kappa shape index (κ1) is 19.3. The minimum Gasteiger partial charge on any atom is -0.486 e. The van der Waals surface area contributed by atoms with Crippen LogP contribution in [-0.4, -0.2) is 19.2 Å². The zero-order chi connectivity index (χ0) is 20.4. The summed E-state index contributed by atoms with van der Waals surface area (Å²) in [7, 11) is 0. The molecule has 4 rings (SSSR count). The third-order valence-electron chi connectivity index (χ3n) is 4.56. The van der Waals surface area contributed by atoms with Crippen LogP contribution in [-0.2, 0) is 17.6 Å². The molecule has 1 aromatic heterocycles. The number of halogens is 1. The van der Waals surface area contributed by atoms with Gasteiger partial charge in [0.15, 0.2) is 11.5 Å². The van der Waals surface area contributed by atoms with Gasteiger partial charge in [0.25, 0.3) is 0 Å². The van der Waals surface area contributed by atoms with Crippen molar-refractivity contribution in [3.63, 3.8) is 0 Å². The lowest BCUT2D eigenvalue weighted by Gasteiger charge is -2.20. The summed E-state index contributed by atoms with van der Waals surface area (Å²) < 4.78 is 21.7. The van der Waals surface area contributed by atoms with Crippen LogP contribution in [0.4, 0.5) is 0 Å². The molecule has 0 amide bonds. The van der Waals surface area contributed by atoms with Crippen molar-refractivity contribution in [1.29, 1.82) is 0 Å². The van der Waals surface area contributed by atoms with E-state index in [0.29, 0.717) is 46.6 Å². The van der Waals surface area contributed by atoms with E-state index in [4.69, 9.17) is 30.2 Å². The lowest BCUT2D eigenvalue weighted by molar-refractivity contribution is -0.133. The van der Waals surface area contributed by atoms with E-state index in [0.717, 1.165) is 23.8 Å². The van der Waals surface area contributed by atoms with Crippen molar-refractivity contribution >= 4 is 28.5 Å². The summed E-state index contributed by atoms with van der Waals surface area (Å²) >= 11 is 6.21. The van der Waals surface area contributed by atoms with Gasteiger partial charge in [-0.2, -0.15) is 0 Å². The molecule has 0 saturated carbocycles. The Morgan fingerprint density at radius 2 is 1.97 bits per heavy atom. The zero-order valence-electron chi connectivity index (χ0n) is 15.8. The summed E-state index contributed by atoms with van der Waals surface area (Å²) in [5.41, 5.74) is 1.55. The topological polar surface area (TPSA) is 75.0 Å². The third-order valence-corrected chi connectivity index (χ3v) is 4.84. The van der Waals surface area contributed by atoms with Crippen molar-refractivity contribution in [3.8, 4) is 17.2 Å². The van der Waals surface area contributed by atoms with Gasteiger partial charge in [0.1, 0.15) is 24.5 Å². The molecule has 7 heteroatoms. The highest BCUT2D eigenvalue weighted by molar-refractivity contribution is 6.32. The van der Waals surface area contributed by atoms with Crippen LogP contribution in [0, 0.1) is 0 Å². The molecular formula is C22H19ClO6. The SMILES string of the molecule is CCCc1cc(=O)oc2cc(OC(=O)Cc3cc(Cl)c4c(c3)OCCO4)ccc12. The van der Waals surface area contributed by atoms with Crippen LogP contribution in [0.1, 0.15) is 24.5 Å². The van der Waals surface area contributed by atoms with Crippen LogP contribution in [0.5, 0.6) is 17.2 Å². The number of hydrogen-bond donors (Lipinski definition) is 0. The van der Waals surface area contributed by atoms with E-state index in [1.165, 1.54) is 6.07 Å². The second kappa shape index (κ2) is 8.17. The van der Waals surface area contributed by atoms with Gasteiger partial charge in [-0.15, -0.1) is 0 Å². The number of fused-ring (bicyclic) bond motifs is 2. The molecule has 0 spiro atoms. The van der Waals surface area contributed by atoms with E-state index >= 15 is 0 Å². The molecule has 6 nitrogen and oxygen atoms in total.